The second kappa shape index (κ2) is 6.37. The Hall–Kier alpha value is -3.18. The summed E-state index contributed by atoms with van der Waals surface area (Å²) in [6.07, 6.45) is 1.48. The third kappa shape index (κ3) is 2.86. The molecule has 1 aromatic heterocycles. The van der Waals surface area contributed by atoms with E-state index in [4.69, 9.17) is 0 Å². The van der Waals surface area contributed by atoms with Crippen molar-refractivity contribution < 1.29 is 9.90 Å². The standard InChI is InChI=1S/C20H14N2O2S/c23-18-10-9-13-5-1-2-6-14(13)16(18)11-21-22-20(24)17-12-25-19-8-4-3-7-15(17)19/h1-12,23H,(H,22,24)/b21-11+. The zero-order chi connectivity index (χ0) is 17.2. The second-order valence-corrected chi connectivity index (χ2v) is 6.48. The molecule has 0 aliphatic heterocycles. The summed E-state index contributed by atoms with van der Waals surface area (Å²) in [7, 11) is 0. The van der Waals surface area contributed by atoms with E-state index in [1.807, 2.05) is 60.0 Å². The van der Waals surface area contributed by atoms with Gasteiger partial charge in [0.05, 0.1) is 11.8 Å². The molecule has 0 aliphatic rings. The first-order chi connectivity index (χ1) is 12.2. The largest absolute Gasteiger partial charge is 0.507 e. The average molecular weight is 346 g/mol. The summed E-state index contributed by atoms with van der Waals surface area (Å²) in [4.78, 5) is 12.4. The Balaban J connectivity index is 1.61. The lowest BCUT2D eigenvalue weighted by atomic mass is 10.0. The van der Waals surface area contributed by atoms with Crippen molar-refractivity contribution >= 4 is 44.3 Å². The van der Waals surface area contributed by atoms with E-state index in [9.17, 15) is 9.90 Å². The van der Waals surface area contributed by atoms with Gasteiger partial charge in [-0.05, 0) is 22.9 Å². The van der Waals surface area contributed by atoms with Gasteiger partial charge < -0.3 is 5.11 Å². The normalized spacial score (nSPS) is 11.4. The van der Waals surface area contributed by atoms with Crippen LogP contribution in [0.1, 0.15) is 15.9 Å². The van der Waals surface area contributed by atoms with Gasteiger partial charge >= 0.3 is 0 Å². The van der Waals surface area contributed by atoms with Gasteiger partial charge in [0.1, 0.15) is 5.75 Å². The van der Waals surface area contributed by atoms with Crippen LogP contribution in [0.4, 0.5) is 0 Å². The van der Waals surface area contributed by atoms with E-state index in [0.29, 0.717) is 11.1 Å². The van der Waals surface area contributed by atoms with Crippen LogP contribution in [0.5, 0.6) is 5.75 Å². The van der Waals surface area contributed by atoms with Crippen LogP contribution < -0.4 is 5.43 Å². The summed E-state index contributed by atoms with van der Waals surface area (Å²) >= 11 is 1.52. The molecule has 3 aromatic carbocycles. The van der Waals surface area contributed by atoms with E-state index in [-0.39, 0.29) is 11.7 Å². The highest BCUT2D eigenvalue weighted by Gasteiger charge is 2.11. The van der Waals surface area contributed by atoms with Gasteiger partial charge in [-0.25, -0.2) is 5.43 Å². The molecule has 0 fully saturated rings. The molecule has 2 N–H and O–H groups in total. The summed E-state index contributed by atoms with van der Waals surface area (Å²) < 4.78 is 1.06. The van der Waals surface area contributed by atoms with E-state index in [0.717, 1.165) is 20.9 Å². The van der Waals surface area contributed by atoms with Crippen molar-refractivity contribution in [2.45, 2.75) is 0 Å². The summed E-state index contributed by atoms with van der Waals surface area (Å²) in [6, 6.07) is 18.9. The second-order valence-electron chi connectivity index (χ2n) is 5.56. The molecule has 4 aromatic rings. The Morgan fingerprint density at radius 2 is 1.76 bits per heavy atom. The molecule has 4 rings (SSSR count). The number of aromatic hydroxyl groups is 1. The molecule has 0 aliphatic carbocycles. The number of nitrogens with zero attached hydrogens (tertiary/aromatic N) is 1. The van der Waals surface area contributed by atoms with Crippen LogP contribution in [0.15, 0.2) is 71.1 Å². The Morgan fingerprint density at radius 3 is 2.64 bits per heavy atom. The third-order valence-corrected chi connectivity index (χ3v) is 5.00. The van der Waals surface area contributed by atoms with Crippen molar-refractivity contribution in [3.05, 3.63) is 77.2 Å². The molecule has 0 saturated heterocycles. The molecule has 5 heteroatoms. The predicted octanol–water partition coefficient (Wildman–Crippen LogP) is 4.52. The number of benzene rings is 3. The first-order valence-corrected chi connectivity index (χ1v) is 8.62. The first-order valence-electron chi connectivity index (χ1n) is 7.74. The molecule has 4 nitrogen and oxygen atoms in total. The molecular weight excluding hydrogens is 332 g/mol. The number of nitrogens with one attached hydrogen (secondary N) is 1. The van der Waals surface area contributed by atoms with Crippen LogP contribution in [0, 0.1) is 0 Å². The number of carbonyl (C=O) groups is 1. The van der Waals surface area contributed by atoms with Gasteiger partial charge in [0.2, 0.25) is 0 Å². The Bertz CT molecular complexity index is 1120. The molecule has 0 unspecified atom stereocenters. The maximum absolute atomic E-state index is 12.4. The minimum atomic E-state index is -0.270. The average Bonchev–Trinajstić information content (AvgIpc) is 3.07. The number of amides is 1. The maximum Gasteiger partial charge on any atom is 0.272 e. The highest BCUT2D eigenvalue weighted by atomic mass is 32.1. The Kier molecular flexibility index (Phi) is 3.91. The molecule has 0 atom stereocenters. The van der Waals surface area contributed by atoms with E-state index in [2.05, 4.69) is 10.5 Å². The van der Waals surface area contributed by atoms with Crippen LogP contribution in [0.25, 0.3) is 20.9 Å². The zero-order valence-corrected chi connectivity index (χ0v) is 14.0. The fourth-order valence-electron chi connectivity index (χ4n) is 2.79. The highest BCUT2D eigenvalue weighted by molar-refractivity contribution is 7.17. The number of hydrogen-bond acceptors (Lipinski definition) is 4. The lowest BCUT2D eigenvalue weighted by molar-refractivity contribution is 0.0957. The maximum atomic E-state index is 12.4. The summed E-state index contributed by atoms with van der Waals surface area (Å²) in [6.45, 7) is 0. The van der Waals surface area contributed by atoms with Crippen LogP contribution >= 0.6 is 11.3 Å². The molecule has 0 saturated carbocycles. The van der Waals surface area contributed by atoms with Crippen LogP contribution in [-0.2, 0) is 0 Å². The van der Waals surface area contributed by atoms with E-state index in [1.165, 1.54) is 17.6 Å². The van der Waals surface area contributed by atoms with Crippen molar-refractivity contribution in [3.63, 3.8) is 0 Å². The van der Waals surface area contributed by atoms with Crippen molar-refractivity contribution in [2.24, 2.45) is 5.10 Å². The molecule has 0 bridgehead atoms. The van der Waals surface area contributed by atoms with Gasteiger partial charge in [-0.3, -0.25) is 4.79 Å². The van der Waals surface area contributed by atoms with Crippen molar-refractivity contribution in [1.29, 1.82) is 0 Å². The summed E-state index contributed by atoms with van der Waals surface area (Å²) in [5.74, 6) is -0.147. The highest BCUT2D eigenvalue weighted by Crippen LogP contribution is 2.26. The SMILES string of the molecule is O=C(N/N=C/c1c(O)ccc2ccccc12)c1csc2ccccc12. The smallest absolute Gasteiger partial charge is 0.272 e. The van der Waals surface area contributed by atoms with Crippen molar-refractivity contribution in [1.82, 2.24) is 5.43 Å². The molecule has 25 heavy (non-hydrogen) atoms. The van der Waals surface area contributed by atoms with Gasteiger partial charge in [-0.1, -0.05) is 48.5 Å². The van der Waals surface area contributed by atoms with Crippen LogP contribution in [-0.4, -0.2) is 17.2 Å². The molecule has 1 amide bonds. The number of phenolic OH excluding ortho intramolecular Hbond substituents is 1. The third-order valence-electron chi connectivity index (χ3n) is 4.03. The molecule has 122 valence electrons. The van der Waals surface area contributed by atoms with Gasteiger partial charge in [0.25, 0.3) is 5.91 Å². The number of phenols is 1. The Labute approximate surface area is 148 Å². The number of hydrogen-bond donors (Lipinski definition) is 2. The summed E-state index contributed by atoms with van der Waals surface area (Å²) in [5, 5.41) is 18.7. The quantitative estimate of drug-likeness (QED) is 0.423. The van der Waals surface area contributed by atoms with E-state index < -0.39 is 0 Å². The topological polar surface area (TPSA) is 61.7 Å². The Morgan fingerprint density at radius 1 is 1.00 bits per heavy atom. The van der Waals surface area contributed by atoms with Gasteiger partial charge in [-0.2, -0.15) is 5.10 Å². The monoisotopic (exact) mass is 346 g/mol. The van der Waals surface area contributed by atoms with E-state index >= 15 is 0 Å². The molecule has 0 spiro atoms. The van der Waals surface area contributed by atoms with Gasteiger partial charge in [0, 0.05) is 21.0 Å². The number of fused-ring (bicyclic) bond motifs is 2. The van der Waals surface area contributed by atoms with Crippen molar-refractivity contribution in [2.75, 3.05) is 0 Å². The van der Waals surface area contributed by atoms with Gasteiger partial charge in [0.15, 0.2) is 0 Å². The molecule has 1 heterocycles. The predicted molar refractivity (Wildman–Crippen MR) is 102 cm³/mol. The number of hydrazone groups is 1. The molecular formula is C20H14N2O2S. The van der Waals surface area contributed by atoms with Gasteiger partial charge in [-0.15, -0.1) is 11.3 Å². The van der Waals surface area contributed by atoms with Crippen LogP contribution in [0.3, 0.4) is 0 Å². The number of rotatable bonds is 3. The number of carbonyl (C=O) groups excluding carboxylic acids is 1. The lowest BCUT2D eigenvalue weighted by Gasteiger charge is -2.04. The summed E-state index contributed by atoms with van der Waals surface area (Å²) in [5.41, 5.74) is 3.72. The molecule has 0 radical (unpaired) electrons. The van der Waals surface area contributed by atoms with Crippen molar-refractivity contribution in [3.8, 4) is 5.75 Å². The number of thiophene rings is 1. The lowest BCUT2D eigenvalue weighted by Crippen LogP contribution is -2.17. The minimum Gasteiger partial charge on any atom is -0.507 e. The van der Waals surface area contributed by atoms with E-state index in [1.54, 1.807) is 6.07 Å². The fourth-order valence-corrected chi connectivity index (χ4v) is 3.73. The first kappa shape index (κ1) is 15.4. The van der Waals surface area contributed by atoms with Crippen LogP contribution in [0.2, 0.25) is 0 Å². The fraction of sp³-hybridized carbons (Fsp3) is 0. The zero-order valence-electron chi connectivity index (χ0n) is 13.1. The minimum absolute atomic E-state index is 0.123.